The summed E-state index contributed by atoms with van der Waals surface area (Å²) in [6, 6.07) is 7.61. The Bertz CT molecular complexity index is 540. The third-order valence-electron chi connectivity index (χ3n) is 2.36. The van der Waals surface area contributed by atoms with Gasteiger partial charge in [-0.25, -0.2) is 8.42 Å². The molecule has 1 aliphatic heterocycles. The molecule has 17 heavy (non-hydrogen) atoms. The van der Waals surface area contributed by atoms with Crippen LogP contribution in [0.1, 0.15) is 11.6 Å². The second-order valence-electron chi connectivity index (χ2n) is 3.60. The van der Waals surface area contributed by atoms with Crippen LogP contribution in [-0.4, -0.2) is 25.6 Å². The molecule has 0 aromatic heterocycles. The number of thioether (sulfide) groups is 1. The predicted molar refractivity (Wildman–Crippen MR) is 79.8 cm³/mol. The number of halogens is 1. The van der Waals surface area contributed by atoms with E-state index >= 15 is 0 Å². The molecule has 1 aliphatic rings. The number of hydrogen-bond donors (Lipinski definition) is 1. The van der Waals surface area contributed by atoms with Crippen LogP contribution in [0.25, 0.3) is 0 Å². The summed E-state index contributed by atoms with van der Waals surface area (Å²) in [6.45, 7) is 0. The van der Waals surface area contributed by atoms with Crippen LogP contribution in [0.2, 0.25) is 0 Å². The maximum atomic E-state index is 11.6. The predicted octanol–water partition coefficient (Wildman–Crippen LogP) is 1.98. The van der Waals surface area contributed by atoms with Crippen LogP contribution < -0.4 is 5.32 Å². The van der Waals surface area contributed by atoms with Crippen molar-refractivity contribution in [3.63, 3.8) is 0 Å². The molecule has 0 aliphatic carbocycles. The fourth-order valence-corrected chi connectivity index (χ4v) is 3.90. The summed E-state index contributed by atoms with van der Waals surface area (Å²) in [5.41, 5.74) is 0.968. The van der Waals surface area contributed by atoms with E-state index in [2.05, 4.69) is 32.3 Å². The number of nitrogens with zero attached hydrogens (tertiary/aromatic N) is 1. The molecule has 1 N–H and O–H groups in total. The van der Waals surface area contributed by atoms with Crippen LogP contribution in [0.4, 0.5) is 0 Å². The van der Waals surface area contributed by atoms with Gasteiger partial charge >= 0.3 is 0 Å². The van der Waals surface area contributed by atoms with E-state index in [1.165, 1.54) is 11.8 Å². The van der Waals surface area contributed by atoms with Gasteiger partial charge in [0, 0.05) is 3.57 Å². The third-order valence-corrected chi connectivity index (χ3v) is 5.01. The maximum Gasteiger partial charge on any atom is 0.257 e. The van der Waals surface area contributed by atoms with Gasteiger partial charge in [0.25, 0.3) is 10.0 Å². The Kier molecular flexibility index (Phi) is 3.99. The van der Waals surface area contributed by atoms with Crippen molar-refractivity contribution < 1.29 is 8.42 Å². The van der Waals surface area contributed by atoms with Crippen molar-refractivity contribution in [1.82, 2.24) is 5.32 Å². The Morgan fingerprint density at radius 3 is 2.65 bits per heavy atom. The molecule has 0 fully saturated rings. The third kappa shape index (κ3) is 3.35. The van der Waals surface area contributed by atoms with E-state index < -0.39 is 10.0 Å². The average molecular weight is 382 g/mol. The first-order valence-electron chi connectivity index (χ1n) is 4.89. The fourth-order valence-electron chi connectivity index (χ4n) is 1.56. The monoisotopic (exact) mass is 382 g/mol. The van der Waals surface area contributed by atoms with Crippen molar-refractivity contribution in [3.8, 4) is 0 Å². The van der Waals surface area contributed by atoms with Crippen molar-refractivity contribution in [3.05, 3.63) is 33.4 Å². The molecule has 0 amide bonds. The van der Waals surface area contributed by atoms with Gasteiger partial charge in [-0.05, 0) is 46.5 Å². The van der Waals surface area contributed by atoms with E-state index in [0.717, 1.165) is 9.13 Å². The Labute approximate surface area is 118 Å². The van der Waals surface area contributed by atoms with E-state index in [9.17, 15) is 8.42 Å². The van der Waals surface area contributed by atoms with Crippen LogP contribution in [0.5, 0.6) is 0 Å². The SMILES string of the molecule is CSC1=NS(=O)(=O)CC(c2ccc(I)cc2)N1. The summed E-state index contributed by atoms with van der Waals surface area (Å²) < 4.78 is 28.1. The summed E-state index contributed by atoms with van der Waals surface area (Å²) in [5, 5.41) is 3.58. The van der Waals surface area contributed by atoms with Crippen molar-refractivity contribution in [2.75, 3.05) is 12.0 Å². The average Bonchev–Trinajstić information content (AvgIpc) is 2.27. The second kappa shape index (κ2) is 5.15. The van der Waals surface area contributed by atoms with Crippen molar-refractivity contribution in [1.29, 1.82) is 0 Å². The number of amidine groups is 1. The van der Waals surface area contributed by atoms with E-state index in [-0.39, 0.29) is 11.8 Å². The highest BCUT2D eigenvalue weighted by Crippen LogP contribution is 2.22. The van der Waals surface area contributed by atoms with Crippen molar-refractivity contribution in [2.24, 2.45) is 4.40 Å². The molecular weight excluding hydrogens is 371 g/mol. The summed E-state index contributed by atoms with van der Waals surface area (Å²) in [5.74, 6) is 0.0116. The van der Waals surface area contributed by atoms with Gasteiger partial charge in [0.1, 0.15) is 0 Å². The Hall–Kier alpha value is -0.280. The van der Waals surface area contributed by atoms with E-state index in [1.54, 1.807) is 6.26 Å². The molecular formula is C10H11IN2O2S2. The molecule has 1 aromatic rings. The number of rotatable bonds is 1. The molecule has 0 bridgehead atoms. The molecule has 0 spiro atoms. The zero-order valence-corrected chi connectivity index (χ0v) is 12.8. The van der Waals surface area contributed by atoms with Gasteiger partial charge in [-0.1, -0.05) is 23.9 Å². The second-order valence-corrected chi connectivity index (χ2v) is 7.32. The lowest BCUT2D eigenvalue weighted by molar-refractivity contribution is 0.579. The smallest absolute Gasteiger partial charge is 0.257 e. The summed E-state index contributed by atoms with van der Waals surface area (Å²) >= 11 is 3.53. The first-order chi connectivity index (χ1) is 8.00. The van der Waals surface area contributed by atoms with Crippen LogP contribution in [-0.2, 0) is 10.0 Å². The van der Waals surface area contributed by atoms with Gasteiger partial charge in [-0.3, -0.25) is 0 Å². The van der Waals surface area contributed by atoms with Crippen LogP contribution >= 0.6 is 34.4 Å². The zero-order valence-electron chi connectivity index (χ0n) is 9.05. The molecule has 0 saturated heterocycles. The minimum absolute atomic E-state index is 0.0116. The molecule has 1 unspecified atom stereocenters. The molecule has 0 radical (unpaired) electrons. The van der Waals surface area contributed by atoms with Crippen LogP contribution in [0.15, 0.2) is 28.7 Å². The van der Waals surface area contributed by atoms with Gasteiger partial charge in [0.05, 0.1) is 11.8 Å². The number of nitrogens with one attached hydrogen (secondary N) is 1. The van der Waals surface area contributed by atoms with E-state index in [4.69, 9.17) is 0 Å². The molecule has 1 aromatic carbocycles. The topological polar surface area (TPSA) is 58.5 Å². The summed E-state index contributed by atoms with van der Waals surface area (Å²) in [7, 11) is -3.35. The molecule has 2 rings (SSSR count). The molecule has 7 heteroatoms. The van der Waals surface area contributed by atoms with Gasteiger partial charge in [-0.15, -0.1) is 4.40 Å². The highest BCUT2D eigenvalue weighted by Gasteiger charge is 2.26. The minimum Gasteiger partial charge on any atom is -0.356 e. The fraction of sp³-hybridized carbons (Fsp3) is 0.300. The Balaban J connectivity index is 2.30. The summed E-state index contributed by atoms with van der Waals surface area (Å²) in [6.07, 6.45) is 1.80. The molecule has 1 heterocycles. The zero-order chi connectivity index (χ0) is 12.5. The van der Waals surface area contributed by atoms with Gasteiger partial charge in [0.15, 0.2) is 5.17 Å². The highest BCUT2D eigenvalue weighted by atomic mass is 127. The van der Waals surface area contributed by atoms with Crippen LogP contribution in [0.3, 0.4) is 0 Å². The molecule has 4 nitrogen and oxygen atoms in total. The molecule has 92 valence electrons. The van der Waals surface area contributed by atoms with Crippen molar-refractivity contribution >= 4 is 49.5 Å². The Morgan fingerprint density at radius 2 is 2.06 bits per heavy atom. The highest BCUT2D eigenvalue weighted by molar-refractivity contribution is 14.1. The first-order valence-corrected chi connectivity index (χ1v) is 8.80. The van der Waals surface area contributed by atoms with Gasteiger partial charge in [-0.2, -0.15) is 0 Å². The first kappa shape index (κ1) is 13.2. The standard InChI is InChI=1S/C10H11IN2O2S2/c1-16-10-12-9(6-17(14,15)13-10)7-2-4-8(11)5-3-7/h2-5,9H,6H2,1H3,(H,12,13). The van der Waals surface area contributed by atoms with E-state index in [1.807, 2.05) is 24.3 Å². The number of sulfonamides is 1. The Morgan fingerprint density at radius 1 is 1.41 bits per heavy atom. The van der Waals surface area contributed by atoms with Crippen LogP contribution in [0, 0.1) is 3.57 Å². The lowest BCUT2D eigenvalue weighted by Gasteiger charge is -2.23. The largest absolute Gasteiger partial charge is 0.356 e. The normalized spacial score (nSPS) is 22.7. The summed E-state index contributed by atoms with van der Waals surface area (Å²) in [4.78, 5) is 0. The minimum atomic E-state index is -3.35. The lowest BCUT2D eigenvalue weighted by atomic mass is 10.1. The molecule has 0 saturated carbocycles. The van der Waals surface area contributed by atoms with E-state index in [0.29, 0.717) is 5.17 Å². The van der Waals surface area contributed by atoms with Gasteiger partial charge in [0.2, 0.25) is 0 Å². The maximum absolute atomic E-state index is 11.6. The quantitative estimate of drug-likeness (QED) is 0.755. The number of hydrogen-bond acceptors (Lipinski definition) is 4. The lowest BCUT2D eigenvalue weighted by Crippen LogP contribution is -2.36. The molecule has 1 atom stereocenters. The number of benzene rings is 1. The van der Waals surface area contributed by atoms with Crippen molar-refractivity contribution in [2.45, 2.75) is 6.04 Å². The van der Waals surface area contributed by atoms with Gasteiger partial charge < -0.3 is 5.32 Å².